The molecular formula is C24H26N2O2S. The van der Waals surface area contributed by atoms with Crippen LogP contribution in [-0.2, 0) is 4.79 Å². The monoisotopic (exact) mass is 406 g/mol. The van der Waals surface area contributed by atoms with Crippen LogP contribution in [0.4, 0.5) is 0 Å². The number of hydrogen-bond donors (Lipinski definition) is 0. The number of para-hydroxylation sites is 1. The van der Waals surface area contributed by atoms with Gasteiger partial charge in [-0.1, -0.05) is 67.4 Å². The van der Waals surface area contributed by atoms with E-state index in [1.165, 1.54) is 19.3 Å². The molecule has 3 aromatic rings. The zero-order valence-corrected chi connectivity index (χ0v) is 17.5. The van der Waals surface area contributed by atoms with E-state index >= 15 is 0 Å². The van der Waals surface area contributed by atoms with Gasteiger partial charge in [-0.25, -0.2) is 0 Å². The van der Waals surface area contributed by atoms with Crippen LogP contribution < -0.4 is 4.74 Å². The summed E-state index contributed by atoms with van der Waals surface area (Å²) in [5, 5.41) is 4.70. The second kappa shape index (κ2) is 9.31. The van der Waals surface area contributed by atoms with Gasteiger partial charge in [0.25, 0.3) is 0 Å². The summed E-state index contributed by atoms with van der Waals surface area (Å²) in [6.45, 7) is 1.96. The highest BCUT2D eigenvalue weighted by molar-refractivity contribution is 7.99. The normalized spacial score (nSPS) is 14.7. The average Bonchev–Trinajstić information content (AvgIpc) is 3.05. The zero-order chi connectivity index (χ0) is 20.1. The predicted molar refractivity (Wildman–Crippen MR) is 116 cm³/mol. The maximum Gasteiger partial charge on any atom is 0.312 e. The van der Waals surface area contributed by atoms with E-state index in [-0.39, 0.29) is 5.97 Å². The van der Waals surface area contributed by atoms with Crippen molar-refractivity contribution < 1.29 is 9.53 Å². The van der Waals surface area contributed by atoms with Crippen molar-refractivity contribution in [3.63, 3.8) is 0 Å². The summed E-state index contributed by atoms with van der Waals surface area (Å²) in [5.41, 5.74) is 1.74. The van der Waals surface area contributed by atoms with Gasteiger partial charge in [-0.15, -0.1) is 0 Å². The van der Waals surface area contributed by atoms with Gasteiger partial charge in [-0.05, 0) is 49.9 Å². The number of nitrogens with zero attached hydrogens (tertiary/aromatic N) is 2. The number of rotatable bonds is 6. The molecule has 0 aliphatic heterocycles. The molecule has 4 rings (SSSR count). The van der Waals surface area contributed by atoms with E-state index < -0.39 is 0 Å². The highest BCUT2D eigenvalue weighted by Gasteiger charge is 2.24. The number of carbonyl (C=O) groups excluding carboxylic acids is 1. The second-order valence-corrected chi connectivity index (χ2v) is 8.65. The van der Waals surface area contributed by atoms with Gasteiger partial charge >= 0.3 is 5.97 Å². The van der Waals surface area contributed by atoms with Crippen molar-refractivity contribution in [2.45, 2.75) is 55.2 Å². The number of ether oxygens (including phenoxy) is 1. The molecule has 0 unspecified atom stereocenters. The standard InChI is InChI=1S/C24H26N2O2S/c1-18-23(29-21-15-9-4-10-16-21)24(26(25-18)20-13-7-3-8-14-20)28-22(27)17-19-11-5-2-6-12-19/h3-4,7-10,13-16,19H,2,5-6,11-12,17H2,1H3. The Hall–Kier alpha value is -2.53. The van der Waals surface area contributed by atoms with Crippen LogP contribution in [0.5, 0.6) is 5.88 Å². The molecule has 4 nitrogen and oxygen atoms in total. The third-order valence-corrected chi connectivity index (χ3v) is 6.50. The molecular weight excluding hydrogens is 380 g/mol. The lowest BCUT2D eigenvalue weighted by Gasteiger charge is -2.20. The van der Waals surface area contributed by atoms with Crippen molar-refractivity contribution in [2.75, 3.05) is 0 Å². The minimum absolute atomic E-state index is 0.163. The topological polar surface area (TPSA) is 44.1 Å². The summed E-state index contributed by atoms with van der Waals surface area (Å²) in [6, 6.07) is 20.0. The predicted octanol–water partition coefficient (Wildman–Crippen LogP) is 6.21. The van der Waals surface area contributed by atoms with E-state index in [0.717, 1.165) is 34.0 Å². The Labute approximate surface area is 176 Å². The van der Waals surface area contributed by atoms with Gasteiger partial charge in [0.1, 0.15) is 0 Å². The van der Waals surface area contributed by atoms with E-state index in [1.54, 1.807) is 16.4 Å². The van der Waals surface area contributed by atoms with Gasteiger partial charge in [-0.2, -0.15) is 9.78 Å². The van der Waals surface area contributed by atoms with Crippen molar-refractivity contribution in [3.05, 3.63) is 66.4 Å². The van der Waals surface area contributed by atoms with E-state index in [9.17, 15) is 4.79 Å². The third-order valence-electron chi connectivity index (χ3n) is 5.32. The first kappa shape index (κ1) is 19.8. The van der Waals surface area contributed by atoms with E-state index in [2.05, 4.69) is 12.1 Å². The number of aromatic nitrogens is 2. The summed E-state index contributed by atoms with van der Waals surface area (Å²) in [4.78, 5) is 14.8. The van der Waals surface area contributed by atoms with E-state index in [0.29, 0.717) is 18.2 Å². The Kier molecular flexibility index (Phi) is 6.35. The molecule has 5 heteroatoms. The molecule has 1 heterocycles. The lowest BCUT2D eigenvalue weighted by atomic mass is 9.87. The number of benzene rings is 2. The number of hydrogen-bond acceptors (Lipinski definition) is 4. The Bertz CT molecular complexity index is 948. The molecule has 1 aliphatic carbocycles. The smallest absolute Gasteiger partial charge is 0.312 e. The van der Waals surface area contributed by atoms with Gasteiger partial charge in [0.05, 0.1) is 16.3 Å². The van der Waals surface area contributed by atoms with Crippen LogP contribution in [-0.4, -0.2) is 15.7 Å². The Balaban J connectivity index is 1.64. The molecule has 150 valence electrons. The molecule has 0 atom stereocenters. The Morgan fingerprint density at radius 3 is 2.38 bits per heavy atom. The van der Waals surface area contributed by atoms with Crippen molar-refractivity contribution in [2.24, 2.45) is 5.92 Å². The van der Waals surface area contributed by atoms with Gasteiger partial charge in [0.15, 0.2) is 0 Å². The molecule has 1 aromatic heterocycles. The first-order valence-corrected chi connectivity index (χ1v) is 11.1. The summed E-state index contributed by atoms with van der Waals surface area (Å²) in [6.07, 6.45) is 6.44. The Morgan fingerprint density at radius 1 is 1.03 bits per heavy atom. The van der Waals surface area contributed by atoms with Crippen molar-refractivity contribution >= 4 is 17.7 Å². The van der Waals surface area contributed by atoms with Crippen molar-refractivity contribution in [1.29, 1.82) is 0 Å². The second-order valence-electron chi connectivity index (χ2n) is 7.56. The molecule has 0 spiro atoms. The van der Waals surface area contributed by atoms with Gasteiger partial charge < -0.3 is 4.74 Å². The van der Waals surface area contributed by atoms with E-state index in [4.69, 9.17) is 9.84 Å². The van der Waals surface area contributed by atoms with Gasteiger partial charge in [0.2, 0.25) is 5.88 Å². The molecule has 0 bridgehead atoms. The largest absolute Gasteiger partial charge is 0.406 e. The Morgan fingerprint density at radius 2 is 1.69 bits per heavy atom. The molecule has 29 heavy (non-hydrogen) atoms. The lowest BCUT2D eigenvalue weighted by Crippen LogP contribution is -2.18. The van der Waals surface area contributed by atoms with Crippen molar-refractivity contribution in [3.8, 4) is 11.6 Å². The van der Waals surface area contributed by atoms with Crippen LogP contribution in [0.25, 0.3) is 5.69 Å². The number of esters is 1. The fraction of sp³-hybridized carbons (Fsp3) is 0.333. The molecule has 1 fully saturated rings. The fourth-order valence-electron chi connectivity index (χ4n) is 3.83. The average molecular weight is 407 g/mol. The van der Waals surface area contributed by atoms with Gasteiger partial charge in [0, 0.05) is 11.3 Å². The molecule has 1 saturated carbocycles. The van der Waals surface area contributed by atoms with E-state index in [1.807, 2.05) is 55.5 Å². The first-order valence-electron chi connectivity index (χ1n) is 10.3. The summed E-state index contributed by atoms with van der Waals surface area (Å²) in [5.74, 6) is 0.794. The maximum absolute atomic E-state index is 12.8. The van der Waals surface area contributed by atoms with Crippen molar-refractivity contribution in [1.82, 2.24) is 9.78 Å². The zero-order valence-electron chi connectivity index (χ0n) is 16.7. The quantitative estimate of drug-likeness (QED) is 0.457. The molecule has 0 amide bonds. The SMILES string of the molecule is Cc1nn(-c2ccccc2)c(OC(=O)CC2CCCCC2)c1Sc1ccccc1. The van der Waals surface area contributed by atoms with Crippen LogP contribution >= 0.6 is 11.8 Å². The molecule has 0 saturated heterocycles. The van der Waals surface area contributed by atoms with Crippen LogP contribution in [0.1, 0.15) is 44.2 Å². The highest BCUT2D eigenvalue weighted by Crippen LogP contribution is 2.39. The number of aryl methyl sites for hydroxylation is 1. The molecule has 1 aliphatic rings. The third kappa shape index (κ3) is 4.91. The van der Waals surface area contributed by atoms with Crippen LogP contribution in [0, 0.1) is 12.8 Å². The van der Waals surface area contributed by atoms with Crippen LogP contribution in [0.3, 0.4) is 0 Å². The maximum atomic E-state index is 12.8. The van der Waals surface area contributed by atoms with Crippen LogP contribution in [0.2, 0.25) is 0 Å². The van der Waals surface area contributed by atoms with Gasteiger partial charge in [-0.3, -0.25) is 4.79 Å². The number of carbonyl (C=O) groups is 1. The molecule has 0 N–H and O–H groups in total. The first-order chi connectivity index (χ1) is 14.2. The summed E-state index contributed by atoms with van der Waals surface area (Å²) >= 11 is 1.58. The summed E-state index contributed by atoms with van der Waals surface area (Å²) < 4.78 is 7.72. The minimum atomic E-state index is -0.163. The lowest BCUT2D eigenvalue weighted by molar-refractivity contribution is -0.136. The molecule has 0 radical (unpaired) electrons. The minimum Gasteiger partial charge on any atom is -0.406 e. The van der Waals surface area contributed by atoms with Crippen LogP contribution in [0.15, 0.2) is 70.5 Å². The summed E-state index contributed by atoms with van der Waals surface area (Å²) in [7, 11) is 0. The fourth-order valence-corrected chi connectivity index (χ4v) is 4.76. The highest BCUT2D eigenvalue weighted by atomic mass is 32.2. The molecule has 2 aromatic carbocycles.